The van der Waals surface area contributed by atoms with Crippen molar-refractivity contribution in [2.45, 2.75) is 32.7 Å². The molecule has 1 saturated heterocycles. The predicted molar refractivity (Wildman–Crippen MR) is 82.0 cm³/mol. The SMILES string of the molecule is CC(=O)NCc1cc2n(n1)CCN(CC1CNC(=O)O1)C2.O=CO. The van der Waals surface area contributed by atoms with Gasteiger partial charge in [-0.15, -0.1) is 0 Å². The largest absolute Gasteiger partial charge is 0.483 e. The minimum Gasteiger partial charge on any atom is -0.483 e. The second-order valence-electron chi connectivity index (χ2n) is 5.51. The summed E-state index contributed by atoms with van der Waals surface area (Å²) < 4.78 is 7.14. The van der Waals surface area contributed by atoms with Crippen molar-refractivity contribution in [2.24, 2.45) is 0 Å². The first-order chi connectivity index (χ1) is 11.5. The summed E-state index contributed by atoms with van der Waals surface area (Å²) in [5, 5.41) is 16.8. The van der Waals surface area contributed by atoms with Crippen LogP contribution in [0.15, 0.2) is 6.07 Å². The quantitative estimate of drug-likeness (QED) is 0.610. The molecule has 3 rings (SSSR count). The van der Waals surface area contributed by atoms with Crippen LogP contribution in [0.2, 0.25) is 0 Å². The molecule has 10 nitrogen and oxygen atoms in total. The molecule has 10 heteroatoms. The van der Waals surface area contributed by atoms with Gasteiger partial charge in [0, 0.05) is 26.6 Å². The van der Waals surface area contributed by atoms with E-state index in [9.17, 15) is 9.59 Å². The van der Waals surface area contributed by atoms with E-state index in [4.69, 9.17) is 14.6 Å². The molecule has 3 heterocycles. The van der Waals surface area contributed by atoms with Crippen LogP contribution in [0.1, 0.15) is 18.3 Å². The molecule has 0 saturated carbocycles. The number of alkyl carbamates (subject to hydrolysis) is 1. The van der Waals surface area contributed by atoms with Gasteiger partial charge < -0.3 is 20.5 Å². The average molecular weight is 339 g/mol. The first kappa shape index (κ1) is 17.7. The van der Waals surface area contributed by atoms with Gasteiger partial charge in [0.2, 0.25) is 5.91 Å². The van der Waals surface area contributed by atoms with Gasteiger partial charge in [0.05, 0.1) is 31.0 Å². The van der Waals surface area contributed by atoms with Gasteiger partial charge >= 0.3 is 6.09 Å². The summed E-state index contributed by atoms with van der Waals surface area (Å²) in [6.45, 7) is 5.47. The molecule has 1 fully saturated rings. The third kappa shape index (κ3) is 4.95. The van der Waals surface area contributed by atoms with Crippen molar-refractivity contribution < 1.29 is 24.2 Å². The Bertz CT molecular complexity index is 602. The lowest BCUT2D eigenvalue weighted by molar-refractivity contribution is -0.123. The summed E-state index contributed by atoms with van der Waals surface area (Å²) in [4.78, 5) is 32.6. The Kier molecular flexibility index (Phi) is 6.13. The summed E-state index contributed by atoms with van der Waals surface area (Å²) in [7, 11) is 0. The zero-order chi connectivity index (χ0) is 17.5. The second-order valence-corrected chi connectivity index (χ2v) is 5.51. The van der Waals surface area contributed by atoms with Crippen molar-refractivity contribution in [3.63, 3.8) is 0 Å². The van der Waals surface area contributed by atoms with Crippen LogP contribution in [-0.2, 0) is 34.0 Å². The van der Waals surface area contributed by atoms with Gasteiger partial charge in [0.1, 0.15) is 6.10 Å². The molecule has 0 spiro atoms. The second kappa shape index (κ2) is 8.29. The molecule has 1 aromatic heterocycles. The Labute approximate surface area is 138 Å². The van der Waals surface area contributed by atoms with Crippen LogP contribution in [0.4, 0.5) is 4.79 Å². The molecule has 1 unspecified atom stereocenters. The fourth-order valence-corrected chi connectivity index (χ4v) is 2.66. The minimum atomic E-state index is -0.334. The van der Waals surface area contributed by atoms with Crippen LogP contribution in [0, 0.1) is 0 Å². The molecule has 0 aliphatic carbocycles. The maximum Gasteiger partial charge on any atom is 0.407 e. The summed E-state index contributed by atoms with van der Waals surface area (Å²) in [5.74, 6) is -0.0573. The van der Waals surface area contributed by atoms with Gasteiger partial charge in [0.25, 0.3) is 6.47 Å². The van der Waals surface area contributed by atoms with E-state index in [1.807, 2.05) is 10.7 Å². The lowest BCUT2D eigenvalue weighted by Crippen LogP contribution is -2.39. The van der Waals surface area contributed by atoms with Crippen molar-refractivity contribution in [1.82, 2.24) is 25.3 Å². The van der Waals surface area contributed by atoms with E-state index >= 15 is 0 Å². The van der Waals surface area contributed by atoms with Crippen molar-refractivity contribution in [3.05, 3.63) is 17.5 Å². The van der Waals surface area contributed by atoms with Gasteiger partial charge in [-0.05, 0) is 6.07 Å². The first-order valence-electron chi connectivity index (χ1n) is 7.56. The maximum absolute atomic E-state index is 11.0. The molecule has 2 aliphatic heterocycles. The fraction of sp³-hybridized carbons (Fsp3) is 0.571. The van der Waals surface area contributed by atoms with Crippen LogP contribution >= 0.6 is 0 Å². The molecule has 1 aromatic rings. The molecule has 0 radical (unpaired) electrons. The highest BCUT2D eigenvalue weighted by Gasteiger charge is 2.27. The number of nitrogens with zero attached hydrogens (tertiary/aromatic N) is 3. The van der Waals surface area contributed by atoms with Gasteiger partial charge in [-0.25, -0.2) is 4.79 Å². The minimum absolute atomic E-state index is 0.0573. The van der Waals surface area contributed by atoms with Crippen molar-refractivity contribution in [1.29, 1.82) is 0 Å². The van der Waals surface area contributed by atoms with Crippen LogP contribution in [0.5, 0.6) is 0 Å². The predicted octanol–water partition coefficient (Wildman–Crippen LogP) is -0.856. The van der Waals surface area contributed by atoms with Gasteiger partial charge in [-0.3, -0.25) is 19.2 Å². The van der Waals surface area contributed by atoms with Crippen molar-refractivity contribution >= 4 is 18.5 Å². The number of carbonyl (C=O) groups excluding carboxylic acids is 2. The molecule has 2 amide bonds. The first-order valence-corrected chi connectivity index (χ1v) is 7.56. The third-order valence-electron chi connectivity index (χ3n) is 3.66. The summed E-state index contributed by atoms with van der Waals surface area (Å²) in [6, 6.07) is 2.01. The Balaban J connectivity index is 0.000000647. The molecule has 2 aliphatic rings. The molecule has 132 valence electrons. The van der Waals surface area contributed by atoms with E-state index in [-0.39, 0.29) is 24.6 Å². The number of carboxylic acid groups (broad SMARTS) is 1. The molecular weight excluding hydrogens is 318 g/mol. The van der Waals surface area contributed by atoms with E-state index in [0.29, 0.717) is 13.1 Å². The van der Waals surface area contributed by atoms with Crippen LogP contribution in [0.25, 0.3) is 0 Å². The summed E-state index contributed by atoms with van der Waals surface area (Å²) in [6.07, 6.45) is -0.412. The number of amides is 2. The van der Waals surface area contributed by atoms with Gasteiger partial charge in [-0.2, -0.15) is 5.10 Å². The fourth-order valence-electron chi connectivity index (χ4n) is 2.66. The summed E-state index contributed by atoms with van der Waals surface area (Å²) >= 11 is 0. The van der Waals surface area contributed by atoms with Gasteiger partial charge in [-0.1, -0.05) is 0 Å². The highest BCUT2D eigenvalue weighted by atomic mass is 16.6. The van der Waals surface area contributed by atoms with Gasteiger partial charge in [0.15, 0.2) is 0 Å². The standard InChI is InChI=1S/C13H19N5O3.CH2O2/c1-9(19)14-5-10-4-11-7-17(2-3-18(11)16-10)8-12-6-15-13(20)21-12;2-1-3/h4,12H,2-3,5-8H2,1H3,(H,14,19)(H,15,20);1H,(H,2,3). The third-order valence-corrected chi connectivity index (χ3v) is 3.66. The normalized spacial score (nSPS) is 19.4. The van der Waals surface area contributed by atoms with Crippen molar-refractivity contribution in [3.8, 4) is 0 Å². The van der Waals surface area contributed by atoms with E-state index in [1.54, 1.807) is 0 Å². The van der Waals surface area contributed by atoms with E-state index in [2.05, 4.69) is 20.6 Å². The van der Waals surface area contributed by atoms with Crippen LogP contribution < -0.4 is 10.6 Å². The molecule has 1 atom stereocenters. The Morgan fingerprint density at radius 2 is 2.33 bits per heavy atom. The maximum atomic E-state index is 11.0. The highest BCUT2D eigenvalue weighted by molar-refractivity contribution is 5.72. The zero-order valence-electron chi connectivity index (χ0n) is 13.4. The highest BCUT2D eigenvalue weighted by Crippen LogP contribution is 2.15. The molecule has 0 aromatic carbocycles. The Hall–Kier alpha value is -2.62. The number of carbonyl (C=O) groups is 3. The summed E-state index contributed by atoms with van der Waals surface area (Å²) in [5.41, 5.74) is 2.00. The van der Waals surface area contributed by atoms with E-state index in [1.165, 1.54) is 6.92 Å². The monoisotopic (exact) mass is 339 g/mol. The number of aromatic nitrogens is 2. The molecule has 24 heavy (non-hydrogen) atoms. The number of hydrogen-bond donors (Lipinski definition) is 3. The number of rotatable bonds is 4. The lowest BCUT2D eigenvalue weighted by atomic mass is 10.2. The molecular formula is C14H21N5O5. The number of nitrogens with one attached hydrogen (secondary N) is 2. The Morgan fingerprint density at radius 1 is 1.58 bits per heavy atom. The smallest absolute Gasteiger partial charge is 0.407 e. The topological polar surface area (TPSA) is 126 Å². The van der Waals surface area contributed by atoms with E-state index < -0.39 is 0 Å². The zero-order valence-corrected chi connectivity index (χ0v) is 13.4. The van der Waals surface area contributed by atoms with Crippen LogP contribution in [-0.4, -0.2) is 64.0 Å². The van der Waals surface area contributed by atoms with Crippen molar-refractivity contribution in [2.75, 3.05) is 19.6 Å². The number of fused-ring (bicyclic) bond motifs is 1. The van der Waals surface area contributed by atoms with E-state index in [0.717, 1.165) is 37.6 Å². The lowest BCUT2D eigenvalue weighted by Gasteiger charge is -2.28. The number of ether oxygens (including phenoxy) is 1. The number of cyclic esters (lactones) is 1. The number of hydrogen-bond acceptors (Lipinski definition) is 6. The van der Waals surface area contributed by atoms with Crippen LogP contribution in [0.3, 0.4) is 0 Å². The Morgan fingerprint density at radius 3 is 2.96 bits per heavy atom. The average Bonchev–Trinajstić information content (AvgIpc) is 3.11. The molecule has 3 N–H and O–H groups in total. The molecule has 0 bridgehead atoms.